The van der Waals surface area contributed by atoms with Crippen LogP contribution in [0.15, 0.2) is 175 Å². The van der Waals surface area contributed by atoms with E-state index in [1.807, 2.05) is 66.9 Å². The summed E-state index contributed by atoms with van der Waals surface area (Å²) in [7, 11) is 0. The van der Waals surface area contributed by atoms with Crippen LogP contribution in [0, 0.1) is 17.9 Å². The van der Waals surface area contributed by atoms with Crippen molar-refractivity contribution in [3.63, 3.8) is 0 Å². The number of hydrogen-bond acceptors (Lipinski definition) is 2. The maximum Gasteiger partial charge on any atom is 0.212 e. The highest BCUT2D eigenvalue weighted by Gasteiger charge is 2.23. The molecule has 0 bridgehead atoms. The van der Waals surface area contributed by atoms with Crippen molar-refractivity contribution in [2.45, 2.75) is 0 Å². The first-order valence-electron chi connectivity index (χ1n) is 18.8. The lowest BCUT2D eigenvalue weighted by molar-refractivity contribution is 1.17. The molecule has 0 spiro atoms. The van der Waals surface area contributed by atoms with Crippen LogP contribution in [0.25, 0.3) is 92.8 Å². The highest BCUT2D eigenvalue weighted by molar-refractivity contribution is 6.23. The van der Waals surface area contributed by atoms with Crippen LogP contribution in [-0.4, -0.2) is 20.3 Å². The number of H-pyrrole nitrogens is 1. The van der Waals surface area contributed by atoms with Gasteiger partial charge in [0.15, 0.2) is 0 Å². The van der Waals surface area contributed by atoms with E-state index in [4.69, 9.17) is 11.6 Å². The van der Waals surface area contributed by atoms with Gasteiger partial charge in [-0.25, -0.2) is 4.85 Å². The average Bonchev–Trinajstić information content (AvgIpc) is 3.93. The standard InChI is InChI=1S/C51H30N6/c1-53-45-28-32(30-52)27-43(50(45)57-47-21-11-6-16-38(47)39-17-7-12-22-48(39)57)36-24-23-35(29-33(36)31-54-34-13-3-2-4-14-34)56-46-20-10-8-18-40(46)42-26-25-41-37-15-5-9-19-44(37)55-49(41)51(42)56/h2-29,31,55H. The molecule has 0 atom stereocenters. The van der Waals surface area contributed by atoms with Crippen LogP contribution in [-0.2, 0) is 0 Å². The Morgan fingerprint density at radius 2 is 1.19 bits per heavy atom. The van der Waals surface area contributed by atoms with Crippen molar-refractivity contribution in [3.05, 3.63) is 192 Å². The number of benzene rings is 8. The van der Waals surface area contributed by atoms with Gasteiger partial charge >= 0.3 is 0 Å². The molecule has 0 radical (unpaired) electrons. The van der Waals surface area contributed by atoms with E-state index in [0.29, 0.717) is 11.3 Å². The Balaban J connectivity index is 1.24. The summed E-state index contributed by atoms with van der Waals surface area (Å²) in [4.78, 5) is 12.8. The molecule has 0 aliphatic carbocycles. The number of rotatable bonds is 5. The zero-order chi connectivity index (χ0) is 38.0. The molecule has 57 heavy (non-hydrogen) atoms. The minimum Gasteiger partial charge on any atom is -0.353 e. The zero-order valence-electron chi connectivity index (χ0n) is 30.5. The first-order chi connectivity index (χ1) is 28.2. The fourth-order valence-corrected chi connectivity index (χ4v) is 8.71. The summed E-state index contributed by atoms with van der Waals surface area (Å²) < 4.78 is 4.52. The van der Waals surface area contributed by atoms with E-state index in [0.717, 1.165) is 88.4 Å². The number of para-hydroxylation sites is 5. The summed E-state index contributed by atoms with van der Waals surface area (Å²) in [6.45, 7) is 8.44. The van der Waals surface area contributed by atoms with E-state index in [1.165, 1.54) is 10.8 Å². The van der Waals surface area contributed by atoms with Gasteiger partial charge in [-0.2, -0.15) is 5.26 Å². The summed E-state index contributed by atoms with van der Waals surface area (Å²) in [5.41, 5.74) is 12.1. The third kappa shape index (κ3) is 4.92. The van der Waals surface area contributed by atoms with Crippen LogP contribution in [0.5, 0.6) is 0 Å². The molecule has 0 amide bonds. The molecule has 3 heterocycles. The Morgan fingerprint density at radius 1 is 0.579 bits per heavy atom. The Morgan fingerprint density at radius 3 is 1.89 bits per heavy atom. The molecule has 6 heteroatoms. The summed E-state index contributed by atoms with van der Waals surface area (Å²) in [6, 6.07) is 60.3. The predicted molar refractivity (Wildman–Crippen MR) is 235 cm³/mol. The first kappa shape index (κ1) is 32.3. The number of aromatic nitrogens is 3. The number of aliphatic imine (C=N–C) groups is 1. The van der Waals surface area contributed by atoms with Crippen molar-refractivity contribution < 1.29 is 0 Å². The molecule has 0 aliphatic heterocycles. The van der Waals surface area contributed by atoms with Gasteiger partial charge in [-0.15, -0.1) is 0 Å². The van der Waals surface area contributed by atoms with Crippen LogP contribution < -0.4 is 0 Å². The molecule has 0 saturated carbocycles. The molecule has 3 aromatic heterocycles. The Labute approximate surface area is 327 Å². The Kier molecular flexibility index (Phi) is 7.19. The van der Waals surface area contributed by atoms with E-state index in [1.54, 1.807) is 6.07 Å². The third-order valence-corrected chi connectivity index (χ3v) is 11.1. The van der Waals surface area contributed by atoms with Gasteiger partial charge in [0, 0.05) is 60.9 Å². The smallest absolute Gasteiger partial charge is 0.212 e. The number of hydrogen-bond donors (Lipinski definition) is 1. The molecule has 11 rings (SSSR count). The van der Waals surface area contributed by atoms with Crippen molar-refractivity contribution in [2.75, 3.05) is 0 Å². The van der Waals surface area contributed by atoms with Crippen LogP contribution >= 0.6 is 0 Å². The van der Waals surface area contributed by atoms with E-state index >= 15 is 0 Å². The average molecular weight is 727 g/mol. The molecule has 0 unspecified atom stereocenters. The van der Waals surface area contributed by atoms with Crippen molar-refractivity contribution in [1.82, 2.24) is 14.1 Å². The summed E-state index contributed by atoms with van der Waals surface area (Å²) in [5, 5.41) is 17.2. The minimum atomic E-state index is 0.397. The molecule has 0 aliphatic rings. The number of nitrogens with zero attached hydrogens (tertiary/aromatic N) is 5. The van der Waals surface area contributed by atoms with Gasteiger partial charge in [0.05, 0.1) is 51.6 Å². The van der Waals surface area contributed by atoms with Crippen LogP contribution in [0.1, 0.15) is 11.1 Å². The van der Waals surface area contributed by atoms with Crippen LogP contribution in [0.2, 0.25) is 0 Å². The highest BCUT2D eigenvalue weighted by atomic mass is 15.0. The number of nitriles is 1. The van der Waals surface area contributed by atoms with Gasteiger partial charge in [0.2, 0.25) is 5.69 Å². The van der Waals surface area contributed by atoms with Gasteiger partial charge in [-0.3, -0.25) is 4.99 Å². The van der Waals surface area contributed by atoms with Crippen molar-refractivity contribution in [1.29, 1.82) is 5.26 Å². The summed E-state index contributed by atoms with van der Waals surface area (Å²) >= 11 is 0. The SMILES string of the molecule is [C-]#[N+]c1cc(C#N)cc(-c2ccc(-n3c4ccccc4c4ccc5c6ccccc6[nH]c5c43)cc2C=Nc2ccccc2)c1-n1c2ccccc2c2ccccc21. The van der Waals surface area contributed by atoms with E-state index in [2.05, 4.69) is 128 Å². The molecule has 1 N–H and O–H groups in total. The highest BCUT2D eigenvalue weighted by Crippen LogP contribution is 2.44. The zero-order valence-corrected chi connectivity index (χ0v) is 30.5. The molecular formula is C51H30N6. The summed E-state index contributed by atoms with van der Waals surface area (Å²) in [5.74, 6) is 0. The topological polar surface area (TPSA) is 66.2 Å². The fraction of sp³-hybridized carbons (Fsp3) is 0. The first-order valence-corrected chi connectivity index (χ1v) is 18.8. The monoisotopic (exact) mass is 726 g/mol. The maximum absolute atomic E-state index is 10.3. The van der Waals surface area contributed by atoms with Crippen LogP contribution in [0.3, 0.4) is 0 Å². The van der Waals surface area contributed by atoms with Gasteiger partial charge in [0.25, 0.3) is 0 Å². The Hall–Kier alpha value is -8.19. The normalized spacial score (nSPS) is 11.8. The molecule has 0 saturated heterocycles. The van der Waals surface area contributed by atoms with E-state index in [9.17, 15) is 5.26 Å². The molecule has 0 fully saturated rings. The van der Waals surface area contributed by atoms with Crippen molar-refractivity contribution in [2.24, 2.45) is 4.99 Å². The number of aromatic amines is 1. The van der Waals surface area contributed by atoms with Crippen molar-refractivity contribution >= 4 is 83.0 Å². The second-order valence-electron chi connectivity index (χ2n) is 14.3. The summed E-state index contributed by atoms with van der Waals surface area (Å²) in [6.07, 6.45) is 1.91. The molecule has 6 nitrogen and oxygen atoms in total. The molecular weight excluding hydrogens is 697 g/mol. The Bertz CT molecular complexity index is 3490. The van der Waals surface area contributed by atoms with Gasteiger partial charge in [-0.1, -0.05) is 109 Å². The lowest BCUT2D eigenvalue weighted by atomic mass is 9.95. The number of nitrogens with one attached hydrogen (secondary N) is 1. The third-order valence-electron chi connectivity index (χ3n) is 11.1. The van der Waals surface area contributed by atoms with E-state index in [-0.39, 0.29) is 0 Å². The minimum absolute atomic E-state index is 0.397. The maximum atomic E-state index is 10.3. The van der Waals surface area contributed by atoms with Gasteiger partial charge in [-0.05, 0) is 71.8 Å². The predicted octanol–water partition coefficient (Wildman–Crippen LogP) is 13.4. The van der Waals surface area contributed by atoms with Gasteiger partial charge in [0.1, 0.15) is 0 Å². The fourth-order valence-electron chi connectivity index (χ4n) is 8.71. The van der Waals surface area contributed by atoms with Crippen LogP contribution in [0.4, 0.5) is 11.4 Å². The molecule has 264 valence electrons. The second kappa shape index (κ2) is 12.7. The second-order valence-corrected chi connectivity index (χ2v) is 14.3. The van der Waals surface area contributed by atoms with Crippen molar-refractivity contribution in [3.8, 4) is 28.6 Å². The quantitative estimate of drug-likeness (QED) is 0.139. The molecule has 8 aromatic carbocycles. The number of fused-ring (bicyclic) bond motifs is 10. The molecule has 11 aromatic rings. The van der Waals surface area contributed by atoms with E-state index < -0.39 is 0 Å². The largest absolute Gasteiger partial charge is 0.353 e. The lowest BCUT2D eigenvalue weighted by Gasteiger charge is -2.19. The van der Waals surface area contributed by atoms with Gasteiger partial charge < -0.3 is 14.1 Å². The lowest BCUT2D eigenvalue weighted by Crippen LogP contribution is -2.02.